The first-order chi connectivity index (χ1) is 6.75. The summed E-state index contributed by atoms with van der Waals surface area (Å²) < 4.78 is 4.97. The molecule has 0 aliphatic heterocycles. The molecule has 0 aromatic rings. The van der Waals surface area contributed by atoms with Gasteiger partial charge in [0, 0.05) is 5.70 Å². The summed E-state index contributed by atoms with van der Waals surface area (Å²) in [7, 11) is 0. The van der Waals surface area contributed by atoms with Crippen LogP contribution >= 0.6 is 0 Å². The maximum absolute atomic E-state index is 11.5. The highest BCUT2D eigenvalue weighted by atomic mass is 16.5. The van der Waals surface area contributed by atoms with Gasteiger partial charge in [-0.2, -0.15) is 0 Å². The molecule has 0 aromatic carbocycles. The van der Waals surface area contributed by atoms with Crippen LogP contribution in [0, 0.1) is 0 Å². The quantitative estimate of drug-likeness (QED) is 0.690. The highest BCUT2D eigenvalue weighted by molar-refractivity contribution is 5.89. The number of ether oxygens (including phenoxy) is 1. The molecule has 3 heteroatoms. The third kappa shape index (κ3) is 3.05. The molecule has 0 spiro atoms. The molecule has 0 atom stereocenters. The van der Waals surface area contributed by atoms with Crippen LogP contribution in [0.2, 0.25) is 0 Å². The van der Waals surface area contributed by atoms with Crippen molar-refractivity contribution in [1.82, 2.24) is 0 Å². The zero-order valence-corrected chi connectivity index (χ0v) is 8.84. The van der Waals surface area contributed by atoms with Gasteiger partial charge in [-0.1, -0.05) is 12.8 Å². The van der Waals surface area contributed by atoms with E-state index in [9.17, 15) is 4.79 Å². The first-order valence-corrected chi connectivity index (χ1v) is 5.40. The Balaban J connectivity index is 2.68. The summed E-state index contributed by atoms with van der Waals surface area (Å²) in [6, 6.07) is 0. The highest BCUT2D eigenvalue weighted by Gasteiger charge is 2.15. The Bertz CT molecular complexity index is 233. The second-order valence-electron chi connectivity index (χ2n) is 3.64. The molecule has 0 saturated heterocycles. The van der Waals surface area contributed by atoms with Gasteiger partial charge in [0.2, 0.25) is 0 Å². The van der Waals surface area contributed by atoms with E-state index in [4.69, 9.17) is 10.5 Å². The number of rotatable bonds is 2. The van der Waals surface area contributed by atoms with Crippen molar-refractivity contribution < 1.29 is 9.53 Å². The lowest BCUT2D eigenvalue weighted by atomic mass is 9.98. The van der Waals surface area contributed by atoms with E-state index in [0.717, 1.165) is 31.4 Å². The molecule has 0 bridgehead atoms. The van der Waals surface area contributed by atoms with Crippen LogP contribution in [0.3, 0.4) is 0 Å². The highest BCUT2D eigenvalue weighted by Crippen LogP contribution is 2.21. The zero-order chi connectivity index (χ0) is 10.4. The van der Waals surface area contributed by atoms with Crippen molar-refractivity contribution in [2.24, 2.45) is 5.73 Å². The SMILES string of the molecule is CCOC(=O)/C1=C(\N)CCCCCC1. The average Bonchev–Trinajstić information content (AvgIpc) is 2.12. The van der Waals surface area contributed by atoms with Gasteiger partial charge in [-0.15, -0.1) is 0 Å². The first-order valence-electron chi connectivity index (χ1n) is 5.40. The van der Waals surface area contributed by atoms with Crippen LogP contribution in [0.1, 0.15) is 45.4 Å². The van der Waals surface area contributed by atoms with E-state index in [1.54, 1.807) is 0 Å². The second-order valence-corrected chi connectivity index (χ2v) is 3.64. The summed E-state index contributed by atoms with van der Waals surface area (Å²) in [5.74, 6) is -0.216. The average molecular weight is 197 g/mol. The van der Waals surface area contributed by atoms with Crippen molar-refractivity contribution in [2.75, 3.05) is 6.61 Å². The third-order valence-corrected chi connectivity index (χ3v) is 2.53. The fraction of sp³-hybridized carbons (Fsp3) is 0.727. The Morgan fingerprint density at radius 1 is 1.29 bits per heavy atom. The minimum Gasteiger partial charge on any atom is -0.463 e. The van der Waals surface area contributed by atoms with Crippen LogP contribution in [-0.4, -0.2) is 12.6 Å². The van der Waals surface area contributed by atoms with Crippen LogP contribution in [0.25, 0.3) is 0 Å². The Morgan fingerprint density at radius 2 is 1.93 bits per heavy atom. The molecule has 0 unspecified atom stereocenters. The lowest BCUT2D eigenvalue weighted by Crippen LogP contribution is -2.15. The van der Waals surface area contributed by atoms with E-state index in [-0.39, 0.29) is 5.97 Å². The number of nitrogens with two attached hydrogens (primary N) is 1. The fourth-order valence-electron chi connectivity index (χ4n) is 1.73. The second kappa shape index (κ2) is 5.68. The third-order valence-electron chi connectivity index (χ3n) is 2.53. The van der Waals surface area contributed by atoms with Gasteiger partial charge in [0.05, 0.1) is 12.2 Å². The molecule has 3 nitrogen and oxygen atoms in total. The summed E-state index contributed by atoms with van der Waals surface area (Å²) >= 11 is 0. The van der Waals surface area contributed by atoms with E-state index >= 15 is 0 Å². The monoisotopic (exact) mass is 197 g/mol. The maximum Gasteiger partial charge on any atom is 0.335 e. The standard InChI is InChI=1S/C11H19NO2/c1-2-14-11(13)9-7-5-3-4-6-8-10(9)12/h2-8,12H2,1H3/b10-9-. The van der Waals surface area contributed by atoms with Crippen molar-refractivity contribution >= 4 is 5.97 Å². The van der Waals surface area contributed by atoms with Gasteiger partial charge in [-0.25, -0.2) is 4.79 Å². The van der Waals surface area contributed by atoms with Crippen molar-refractivity contribution in [3.8, 4) is 0 Å². The van der Waals surface area contributed by atoms with E-state index in [1.807, 2.05) is 6.92 Å². The predicted molar refractivity (Wildman–Crippen MR) is 55.5 cm³/mol. The molecular weight excluding hydrogens is 178 g/mol. The van der Waals surface area contributed by atoms with Gasteiger partial charge in [0.1, 0.15) is 0 Å². The minimum absolute atomic E-state index is 0.216. The van der Waals surface area contributed by atoms with E-state index in [2.05, 4.69) is 0 Å². The molecule has 0 fully saturated rings. The summed E-state index contributed by atoms with van der Waals surface area (Å²) in [6.07, 6.45) is 6.18. The normalized spacial score (nSPS) is 23.8. The number of carbonyl (C=O) groups excluding carboxylic acids is 1. The van der Waals surface area contributed by atoms with E-state index in [0.29, 0.717) is 12.2 Å². The van der Waals surface area contributed by atoms with Gasteiger partial charge in [-0.05, 0) is 32.6 Å². The zero-order valence-electron chi connectivity index (χ0n) is 8.84. The Labute approximate surface area is 85.3 Å². The van der Waals surface area contributed by atoms with Crippen molar-refractivity contribution in [3.63, 3.8) is 0 Å². The molecule has 80 valence electrons. The Hall–Kier alpha value is -0.990. The summed E-state index contributed by atoms with van der Waals surface area (Å²) in [4.78, 5) is 11.5. The van der Waals surface area contributed by atoms with Gasteiger partial charge >= 0.3 is 5.97 Å². The molecule has 0 aromatic heterocycles. The molecule has 14 heavy (non-hydrogen) atoms. The number of carbonyl (C=O) groups is 1. The lowest BCUT2D eigenvalue weighted by molar-refractivity contribution is -0.138. The molecule has 0 heterocycles. The van der Waals surface area contributed by atoms with Crippen LogP contribution in [0.5, 0.6) is 0 Å². The van der Waals surface area contributed by atoms with Crippen LogP contribution < -0.4 is 5.73 Å². The number of hydrogen-bond acceptors (Lipinski definition) is 3. The first kappa shape index (κ1) is 11.1. The van der Waals surface area contributed by atoms with Gasteiger partial charge < -0.3 is 10.5 Å². The van der Waals surface area contributed by atoms with E-state index in [1.165, 1.54) is 12.8 Å². The largest absolute Gasteiger partial charge is 0.463 e. The summed E-state index contributed by atoms with van der Waals surface area (Å²) in [5, 5.41) is 0. The molecular formula is C11H19NO2. The topological polar surface area (TPSA) is 52.3 Å². The predicted octanol–water partition coefficient (Wildman–Crippen LogP) is 2.12. The van der Waals surface area contributed by atoms with Crippen molar-refractivity contribution in [1.29, 1.82) is 0 Å². The Kier molecular flexibility index (Phi) is 4.50. The van der Waals surface area contributed by atoms with Gasteiger partial charge in [-0.3, -0.25) is 0 Å². The van der Waals surface area contributed by atoms with Crippen LogP contribution in [-0.2, 0) is 9.53 Å². The smallest absolute Gasteiger partial charge is 0.335 e. The van der Waals surface area contributed by atoms with E-state index < -0.39 is 0 Å². The van der Waals surface area contributed by atoms with Crippen molar-refractivity contribution in [3.05, 3.63) is 11.3 Å². The Morgan fingerprint density at radius 3 is 2.57 bits per heavy atom. The number of esters is 1. The van der Waals surface area contributed by atoms with Gasteiger partial charge in [0.25, 0.3) is 0 Å². The lowest BCUT2D eigenvalue weighted by Gasteiger charge is -2.14. The molecule has 0 amide bonds. The molecule has 0 saturated carbocycles. The maximum atomic E-state index is 11.5. The summed E-state index contributed by atoms with van der Waals surface area (Å²) in [5.41, 5.74) is 7.31. The molecule has 1 aliphatic carbocycles. The molecule has 1 rings (SSSR count). The minimum atomic E-state index is -0.216. The van der Waals surface area contributed by atoms with Gasteiger partial charge in [0.15, 0.2) is 0 Å². The number of allylic oxidation sites excluding steroid dienone is 1. The van der Waals surface area contributed by atoms with Crippen LogP contribution in [0.15, 0.2) is 11.3 Å². The summed E-state index contributed by atoms with van der Waals surface area (Å²) in [6.45, 7) is 2.24. The molecule has 0 radical (unpaired) electrons. The molecule has 1 aliphatic rings. The fourth-order valence-corrected chi connectivity index (χ4v) is 1.73. The number of hydrogen-bond donors (Lipinski definition) is 1. The van der Waals surface area contributed by atoms with Crippen LogP contribution in [0.4, 0.5) is 0 Å². The molecule has 2 N–H and O–H groups in total. The van der Waals surface area contributed by atoms with Crippen molar-refractivity contribution in [2.45, 2.75) is 45.4 Å².